The number of hydrogen-bond donors (Lipinski definition) is 2. The largest absolute Gasteiger partial charge is 0.456 e. The number of carbonyl (C=O) groups excluding carboxylic acids is 1. The van der Waals surface area contributed by atoms with Crippen LogP contribution in [-0.4, -0.2) is 24.0 Å². The van der Waals surface area contributed by atoms with Crippen LogP contribution < -0.4 is 15.4 Å². The highest BCUT2D eigenvalue weighted by Crippen LogP contribution is 2.31. The Morgan fingerprint density at radius 1 is 0.970 bits per heavy atom. The summed E-state index contributed by atoms with van der Waals surface area (Å²) in [4.78, 5) is 16.3. The van der Waals surface area contributed by atoms with E-state index in [2.05, 4.69) is 15.6 Å². The average molecular weight is 460 g/mol. The highest BCUT2D eigenvalue weighted by Gasteiger charge is 2.34. The van der Waals surface area contributed by atoms with Crippen molar-refractivity contribution in [3.8, 4) is 11.5 Å². The minimum atomic E-state index is -4.50. The van der Waals surface area contributed by atoms with E-state index >= 15 is 0 Å². The van der Waals surface area contributed by atoms with Crippen LogP contribution >= 0.6 is 0 Å². The fourth-order valence-electron chi connectivity index (χ4n) is 3.62. The summed E-state index contributed by atoms with van der Waals surface area (Å²) in [6.45, 7) is 1.31. The molecule has 0 unspecified atom stereocenters. The van der Waals surface area contributed by atoms with Crippen LogP contribution in [0.25, 0.3) is 0 Å². The number of hydrogen-bond acceptors (Lipinski definition) is 4. The number of ether oxygens (including phenoxy) is 1. The smallest absolute Gasteiger partial charge is 0.433 e. The molecule has 0 saturated carbocycles. The van der Waals surface area contributed by atoms with Gasteiger partial charge in [0, 0.05) is 30.8 Å². The third-order valence-corrected chi connectivity index (χ3v) is 5.14. The average Bonchev–Trinajstić information content (AvgIpc) is 3.25. The Bertz CT molecular complexity index is 1040. The van der Waals surface area contributed by atoms with E-state index in [1.807, 2.05) is 30.3 Å². The summed E-state index contributed by atoms with van der Waals surface area (Å²) in [5.41, 5.74) is 0.666. The SMILES string of the molecule is C.C.O=C(Nc1cccc(Oc2ccc(C(F)(F)F)nc2)c1)[C@H]1CNC[C@@H]1c1ccccc1. The van der Waals surface area contributed by atoms with E-state index in [0.717, 1.165) is 24.4 Å². The van der Waals surface area contributed by atoms with Crippen molar-refractivity contribution < 1.29 is 22.7 Å². The second kappa shape index (κ2) is 11.0. The number of carbonyl (C=O) groups is 1. The third kappa shape index (κ3) is 6.32. The Morgan fingerprint density at radius 3 is 2.39 bits per heavy atom. The molecule has 1 aliphatic rings. The monoisotopic (exact) mass is 459 g/mol. The van der Waals surface area contributed by atoms with E-state index in [1.54, 1.807) is 24.3 Å². The van der Waals surface area contributed by atoms with Gasteiger partial charge in [0.2, 0.25) is 5.91 Å². The Kier molecular flexibility index (Phi) is 8.59. The fourth-order valence-corrected chi connectivity index (χ4v) is 3.62. The molecule has 0 radical (unpaired) electrons. The summed E-state index contributed by atoms with van der Waals surface area (Å²) in [6.07, 6.45) is -3.49. The van der Waals surface area contributed by atoms with Crippen LogP contribution in [0.3, 0.4) is 0 Å². The van der Waals surface area contributed by atoms with Gasteiger partial charge in [-0.3, -0.25) is 4.79 Å². The van der Waals surface area contributed by atoms with E-state index in [-0.39, 0.29) is 38.3 Å². The van der Waals surface area contributed by atoms with Crippen molar-refractivity contribution in [2.24, 2.45) is 5.92 Å². The first-order chi connectivity index (χ1) is 14.9. The molecule has 1 aromatic heterocycles. The number of benzene rings is 2. The number of halogens is 3. The van der Waals surface area contributed by atoms with Crippen molar-refractivity contribution >= 4 is 11.6 Å². The molecule has 2 N–H and O–H groups in total. The molecule has 5 nitrogen and oxygen atoms in total. The molecular weight excluding hydrogens is 431 g/mol. The normalized spacial score (nSPS) is 17.4. The molecule has 3 aromatic rings. The quantitative estimate of drug-likeness (QED) is 0.484. The van der Waals surface area contributed by atoms with Crippen LogP contribution in [0.5, 0.6) is 11.5 Å². The van der Waals surface area contributed by atoms with Crippen LogP contribution in [0, 0.1) is 5.92 Å². The van der Waals surface area contributed by atoms with Gasteiger partial charge in [-0.25, -0.2) is 4.98 Å². The zero-order valence-electron chi connectivity index (χ0n) is 16.4. The van der Waals surface area contributed by atoms with Crippen molar-refractivity contribution in [2.45, 2.75) is 26.9 Å². The van der Waals surface area contributed by atoms with Gasteiger partial charge < -0.3 is 15.4 Å². The van der Waals surface area contributed by atoms with Gasteiger partial charge in [0.1, 0.15) is 17.2 Å². The third-order valence-electron chi connectivity index (χ3n) is 5.14. The molecule has 0 bridgehead atoms. The Morgan fingerprint density at radius 2 is 1.73 bits per heavy atom. The highest BCUT2D eigenvalue weighted by molar-refractivity contribution is 5.93. The molecule has 1 aliphatic heterocycles. The Balaban J connectivity index is 0.00000193. The summed E-state index contributed by atoms with van der Waals surface area (Å²) < 4.78 is 43.5. The van der Waals surface area contributed by atoms with Crippen LogP contribution in [0.15, 0.2) is 72.9 Å². The van der Waals surface area contributed by atoms with Crippen molar-refractivity contribution in [3.63, 3.8) is 0 Å². The second-order valence-electron chi connectivity index (χ2n) is 7.28. The number of aromatic nitrogens is 1. The van der Waals surface area contributed by atoms with Gasteiger partial charge in [0.05, 0.1) is 12.1 Å². The van der Waals surface area contributed by atoms with Crippen molar-refractivity contribution in [2.75, 3.05) is 18.4 Å². The first kappa shape index (κ1) is 25.9. The summed E-state index contributed by atoms with van der Waals surface area (Å²) >= 11 is 0. The molecule has 2 heterocycles. The van der Waals surface area contributed by atoms with Crippen LogP contribution in [0.1, 0.15) is 32.0 Å². The zero-order valence-corrected chi connectivity index (χ0v) is 16.4. The Labute approximate surface area is 192 Å². The predicted molar refractivity (Wildman–Crippen MR) is 123 cm³/mol. The Hall–Kier alpha value is -3.39. The first-order valence-electron chi connectivity index (χ1n) is 9.78. The molecule has 2 aromatic carbocycles. The minimum absolute atomic E-state index is 0. The molecule has 33 heavy (non-hydrogen) atoms. The molecule has 8 heteroatoms. The molecule has 1 amide bonds. The maximum absolute atomic E-state index is 12.9. The lowest BCUT2D eigenvalue weighted by molar-refractivity contribution is -0.141. The van der Waals surface area contributed by atoms with E-state index in [0.29, 0.717) is 18.0 Å². The summed E-state index contributed by atoms with van der Waals surface area (Å²) in [7, 11) is 0. The molecule has 0 spiro atoms. The predicted octanol–water partition coefficient (Wildman–Crippen LogP) is 6.11. The lowest BCUT2D eigenvalue weighted by Crippen LogP contribution is -2.28. The first-order valence-corrected chi connectivity index (χ1v) is 9.78. The molecule has 4 rings (SSSR count). The standard InChI is InChI=1S/C23H20F3N3O2.2CH4/c24-23(25,26)21-10-9-18(12-28-21)31-17-8-4-7-16(11-17)29-22(30)20-14-27-13-19(20)15-5-2-1-3-6-15;;/h1-12,19-20,27H,13-14H2,(H,29,30);2*1H4/t19-,20+;;/m1../s1. The number of anilines is 1. The molecule has 2 atom stereocenters. The summed E-state index contributed by atoms with van der Waals surface area (Å²) in [5, 5.41) is 6.19. The van der Waals surface area contributed by atoms with Gasteiger partial charge in [0.25, 0.3) is 0 Å². The van der Waals surface area contributed by atoms with Gasteiger partial charge in [0.15, 0.2) is 0 Å². The van der Waals surface area contributed by atoms with E-state index in [9.17, 15) is 18.0 Å². The van der Waals surface area contributed by atoms with Gasteiger partial charge >= 0.3 is 6.18 Å². The van der Waals surface area contributed by atoms with E-state index in [1.165, 1.54) is 6.07 Å². The second-order valence-corrected chi connectivity index (χ2v) is 7.28. The molecule has 176 valence electrons. The lowest BCUT2D eigenvalue weighted by Gasteiger charge is -2.19. The van der Waals surface area contributed by atoms with Gasteiger partial charge in [-0.1, -0.05) is 51.3 Å². The summed E-state index contributed by atoms with van der Waals surface area (Å²) in [6, 6.07) is 18.7. The van der Waals surface area contributed by atoms with Gasteiger partial charge in [-0.05, 0) is 29.8 Å². The highest BCUT2D eigenvalue weighted by atomic mass is 19.4. The van der Waals surface area contributed by atoms with Gasteiger partial charge in [-0.2, -0.15) is 13.2 Å². The van der Waals surface area contributed by atoms with Crippen molar-refractivity contribution in [1.29, 1.82) is 0 Å². The summed E-state index contributed by atoms with van der Waals surface area (Å²) in [5.74, 6) is 0.307. The molecular formula is C25H28F3N3O2. The topological polar surface area (TPSA) is 63.2 Å². The zero-order chi connectivity index (χ0) is 21.8. The maximum atomic E-state index is 12.9. The van der Waals surface area contributed by atoms with Gasteiger partial charge in [-0.15, -0.1) is 0 Å². The number of nitrogens with zero attached hydrogens (tertiary/aromatic N) is 1. The molecule has 0 aliphatic carbocycles. The number of nitrogens with one attached hydrogen (secondary N) is 2. The van der Waals surface area contributed by atoms with Crippen LogP contribution in [0.4, 0.5) is 18.9 Å². The number of alkyl halides is 3. The fraction of sp³-hybridized carbons (Fsp3) is 0.280. The maximum Gasteiger partial charge on any atom is 0.433 e. The minimum Gasteiger partial charge on any atom is -0.456 e. The van der Waals surface area contributed by atoms with Crippen molar-refractivity contribution in [1.82, 2.24) is 10.3 Å². The van der Waals surface area contributed by atoms with Crippen LogP contribution in [-0.2, 0) is 11.0 Å². The number of rotatable bonds is 5. The lowest BCUT2D eigenvalue weighted by atomic mass is 9.88. The van der Waals surface area contributed by atoms with E-state index < -0.39 is 11.9 Å². The number of amides is 1. The van der Waals surface area contributed by atoms with Crippen LogP contribution in [0.2, 0.25) is 0 Å². The molecule has 1 fully saturated rings. The molecule has 1 saturated heterocycles. The van der Waals surface area contributed by atoms with Crippen molar-refractivity contribution in [3.05, 3.63) is 84.2 Å². The van der Waals surface area contributed by atoms with E-state index in [4.69, 9.17) is 4.74 Å². The number of pyridine rings is 1.